The average Bonchev–Trinajstić information content (AvgIpc) is 2.32. The molecule has 1 rings (SSSR count). The van der Waals surface area contributed by atoms with Crippen molar-refractivity contribution in [3.05, 3.63) is 18.2 Å². The second-order valence-corrected chi connectivity index (χ2v) is 6.45. The number of hydrogen-bond acceptors (Lipinski definition) is 4. The van der Waals surface area contributed by atoms with Crippen molar-refractivity contribution < 1.29 is 13.5 Å². The highest BCUT2D eigenvalue weighted by atomic mass is 32.2. The van der Waals surface area contributed by atoms with Gasteiger partial charge in [-0.05, 0) is 31.5 Å². The van der Waals surface area contributed by atoms with Crippen LogP contribution >= 0.6 is 0 Å². The molecule has 0 aliphatic heterocycles. The molecule has 0 aliphatic rings. The third-order valence-corrected chi connectivity index (χ3v) is 4.49. The number of phenolic OH excluding ortho intramolecular Hbond substituents is 1. The SMILES string of the molecule is CCCCCC(C)NS(=O)(=O)c1ccc(O)c(N)c1. The molecule has 0 aromatic heterocycles. The van der Waals surface area contributed by atoms with Crippen LogP contribution in [0, 0.1) is 0 Å². The molecule has 0 saturated carbocycles. The van der Waals surface area contributed by atoms with E-state index in [1.54, 1.807) is 0 Å². The summed E-state index contributed by atoms with van der Waals surface area (Å²) >= 11 is 0. The smallest absolute Gasteiger partial charge is 0.240 e. The Kier molecular flexibility index (Phi) is 5.62. The number of rotatable bonds is 7. The Hall–Kier alpha value is -1.27. The number of aromatic hydroxyl groups is 1. The molecule has 0 radical (unpaired) electrons. The molecule has 0 saturated heterocycles. The molecular formula is C13H22N2O3S. The van der Waals surface area contributed by atoms with Crippen LogP contribution in [-0.2, 0) is 10.0 Å². The summed E-state index contributed by atoms with van der Waals surface area (Å²) in [5, 5.41) is 9.29. The van der Waals surface area contributed by atoms with Gasteiger partial charge in [0.05, 0.1) is 10.6 Å². The molecule has 1 aromatic rings. The number of nitrogens with two attached hydrogens (primary N) is 1. The molecule has 0 spiro atoms. The van der Waals surface area contributed by atoms with E-state index in [0.717, 1.165) is 25.7 Å². The van der Waals surface area contributed by atoms with Gasteiger partial charge in [-0.2, -0.15) is 0 Å². The summed E-state index contributed by atoms with van der Waals surface area (Å²) in [5.41, 5.74) is 5.56. The molecular weight excluding hydrogens is 264 g/mol. The maximum atomic E-state index is 12.1. The number of benzene rings is 1. The van der Waals surface area contributed by atoms with Crippen LogP contribution in [0.1, 0.15) is 39.5 Å². The zero-order valence-electron chi connectivity index (χ0n) is 11.4. The van der Waals surface area contributed by atoms with Gasteiger partial charge < -0.3 is 10.8 Å². The van der Waals surface area contributed by atoms with Gasteiger partial charge in [0.2, 0.25) is 10.0 Å². The first kappa shape index (κ1) is 15.8. The second-order valence-electron chi connectivity index (χ2n) is 4.74. The highest BCUT2D eigenvalue weighted by Gasteiger charge is 2.18. The molecule has 0 aliphatic carbocycles. The van der Waals surface area contributed by atoms with Crippen molar-refractivity contribution in [2.45, 2.75) is 50.5 Å². The van der Waals surface area contributed by atoms with Gasteiger partial charge in [-0.15, -0.1) is 0 Å². The van der Waals surface area contributed by atoms with Crippen molar-refractivity contribution in [2.24, 2.45) is 0 Å². The third kappa shape index (κ3) is 4.72. The topological polar surface area (TPSA) is 92.4 Å². The molecule has 108 valence electrons. The van der Waals surface area contributed by atoms with Gasteiger partial charge in [-0.3, -0.25) is 0 Å². The lowest BCUT2D eigenvalue weighted by Crippen LogP contribution is -2.32. The Bertz CT molecular complexity index is 515. The van der Waals surface area contributed by atoms with Gasteiger partial charge in [0.1, 0.15) is 5.75 Å². The summed E-state index contributed by atoms with van der Waals surface area (Å²) in [7, 11) is -3.58. The maximum absolute atomic E-state index is 12.1. The predicted molar refractivity (Wildman–Crippen MR) is 76.4 cm³/mol. The van der Waals surface area contributed by atoms with E-state index < -0.39 is 10.0 Å². The highest BCUT2D eigenvalue weighted by Crippen LogP contribution is 2.23. The molecule has 0 fully saturated rings. The summed E-state index contributed by atoms with van der Waals surface area (Å²) in [4.78, 5) is 0.0742. The minimum absolute atomic E-state index is 0.0570. The van der Waals surface area contributed by atoms with E-state index in [-0.39, 0.29) is 22.4 Å². The zero-order chi connectivity index (χ0) is 14.5. The van der Waals surface area contributed by atoms with Gasteiger partial charge in [0.15, 0.2) is 0 Å². The number of nitrogen functional groups attached to an aromatic ring is 1. The third-order valence-electron chi connectivity index (χ3n) is 2.91. The Morgan fingerprint density at radius 3 is 2.63 bits per heavy atom. The first-order chi connectivity index (χ1) is 8.86. The standard InChI is InChI=1S/C13H22N2O3S/c1-3-4-5-6-10(2)15-19(17,18)11-7-8-13(16)12(14)9-11/h7-10,15-16H,3-6,14H2,1-2H3. The van der Waals surface area contributed by atoms with Gasteiger partial charge in [-0.25, -0.2) is 13.1 Å². The summed E-state index contributed by atoms with van der Waals surface area (Å²) in [6.07, 6.45) is 4.00. The molecule has 0 heterocycles. The lowest BCUT2D eigenvalue weighted by atomic mass is 10.1. The molecule has 5 nitrogen and oxygen atoms in total. The van der Waals surface area contributed by atoms with Crippen molar-refractivity contribution >= 4 is 15.7 Å². The summed E-state index contributed by atoms with van der Waals surface area (Å²) in [5.74, 6) is -0.116. The van der Waals surface area contributed by atoms with Gasteiger partial charge in [0.25, 0.3) is 0 Å². The zero-order valence-corrected chi connectivity index (χ0v) is 12.2. The Balaban J connectivity index is 2.72. The quantitative estimate of drug-likeness (QED) is 0.407. The van der Waals surface area contributed by atoms with E-state index >= 15 is 0 Å². The molecule has 0 amide bonds. The Labute approximate surface area is 114 Å². The first-order valence-electron chi connectivity index (χ1n) is 6.47. The van der Waals surface area contributed by atoms with Crippen molar-refractivity contribution in [3.63, 3.8) is 0 Å². The van der Waals surface area contributed by atoms with E-state index in [9.17, 15) is 13.5 Å². The largest absolute Gasteiger partial charge is 0.506 e. The highest BCUT2D eigenvalue weighted by molar-refractivity contribution is 7.89. The van der Waals surface area contributed by atoms with Crippen molar-refractivity contribution in [1.82, 2.24) is 4.72 Å². The Morgan fingerprint density at radius 1 is 1.37 bits per heavy atom. The van der Waals surface area contributed by atoms with Gasteiger partial charge in [0, 0.05) is 6.04 Å². The average molecular weight is 286 g/mol. The summed E-state index contributed by atoms with van der Waals surface area (Å²) in [6.45, 7) is 3.95. The predicted octanol–water partition coefficient (Wildman–Crippen LogP) is 2.22. The molecule has 1 aromatic carbocycles. The van der Waals surface area contributed by atoms with Crippen LogP contribution < -0.4 is 10.5 Å². The second kappa shape index (κ2) is 6.77. The van der Waals surface area contributed by atoms with Crippen LogP contribution in [-0.4, -0.2) is 19.6 Å². The van der Waals surface area contributed by atoms with Crippen LogP contribution in [0.25, 0.3) is 0 Å². The van der Waals surface area contributed by atoms with Crippen LogP contribution in [0.5, 0.6) is 5.75 Å². The van der Waals surface area contributed by atoms with Crippen molar-refractivity contribution in [3.8, 4) is 5.75 Å². The van der Waals surface area contributed by atoms with E-state index in [1.807, 2.05) is 6.92 Å². The summed E-state index contributed by atoms with van der Waals surface area (Å²) < 4.78 is 26.8. The lowest BCUT2D eigenvalue weighted by molar-refractivity contribution is 0.477. The van der Waals surface area contributed by atoms with Gasteiger partial charge >= 0.3 is 0 Å². The molecule has 1 atom stereocenters. The normalized spacial score (nSPS) is 13.4. The number of anilines is 1. The van der Waals surface area contributed by atoms with Gasteiger partial charge in [-0.1, -0.05) is 26.2 Å². The molecule has 0 bridgehead atoms. The molecule has 19 heavy (non-hydrogen) atoms. The number of unbranched alkanes of at least 4 members (excludes halogenated alkanes) is 2. The monoisotopic (exact) mass is 286 g/mol. The van der Waals surface area contributed by atoms with Crippen LogP contribution in [0.3, 0.4) is 0 Å². The Morgan fingerprint density at radius 2 is 2.05 bits per heavy atom. The molecule has 4 N–H and O–H groups in total. The fourth-order valence-corrected chi connectivity index (χ4v) is 3.11. The lowest BCUT2D eigenvalue weighted by Gasteiger charge is -2.14. The number of hydrogen-bond donors (Lipinski definition) is 3. The molecule has 6 heteroatoms. The van der Waals surface area contributed by atoms with Crippen molar-refractivity contribution in [2.75, 3.05) is 5.73 Å². The minimum Gasteiger partial charge on any atom is -0.506 e. The fraction of sp³-hybridized carbons (Fsp3) is 0.538. The van der Waals surface area contributed by atoms with E-state index in [0.29, 0.717) is 0 Å². The van der Waals surface area contributed by atoms with Crippen LogP contribution in [0.4, 0.5) is 5.69 Å². The van der Waals surface area contributed by atoms with E-state index in [4.69, 9.17) is 5.73 Å². The molecule has 1 unspecified atom stereocenters. The van der Waals surface area contributed by atoms with E-state index in [2.05, 4.69) is 11.6 Å². The van der Waals surface area contributed by atoms with E-state index in [1.165, 1.54) is 18.2 Å². The van der Waals surface area contributed by atoms with Crippen LogP contribution in [0.2, 0.25) is 0 Å². The summed E-state index contributed by atoms with van der Waals surface area (Å²) in [6, 6.07) is 3.76. The number of nitrogens with one attached hydrogen (secondary N) is 1. The number of sulfonamides is 1. The maximum Gasteiger partial charge on any atom is 0.240 e. The fourth-order valence-electron chi connectivity index (χ4n) is 1.79. The van der Waals surface area contributed by atoms with Crippen molar-refractivity contribution in [1.29, 1.82) is 0 Å². The van der Waals surface area contributed by atoms with Crippen LogP contribution in [0.15, 0.2) is 23.1 Å². The number of phenols is 1. The first-order valence-corrected chi connectivity index (χ1v) is 7.96. The minimum atomic E-state index is -3.58.